The summed E-state index contributed by atoms with van der Waals surface area (Å²) in [6, 6.07) is 8.66. The fourth-order valence-electron chi connectivity index (χ4n) is 3.07. The zero-order chi connectivity index (χ0) is 25.7. The van der Waals surface area contributed by atoms with Gasteiger partial charge in [-0.25, -0.2) is 9.79 Å². The number of aliphatic hydroxyl groups excluding tert-OH is 1. The highest BCUT2D eigenvalue weighted by Gasteiger charge is 2.34. The number of aryl methyl sites for hydroxylation is 1. The minimum Gasteiger partial charge on any atom is -0.870 e. The number of non-ortho nitro benzene ring substituents is 1. The number of benzene rings is 2. The van der Waals surface area contributed by atoms with Crippen LogP contribution >= 0.6 is 11.8 Å². The highest BCUT2D eigenvalue weighted by Crippen LogP contribution is 2.42. The predicted octanol–water partition coefficient (Wildman–Crippen LogP) is 4.08. The Labute approximate surface area is 204 Å². The molecular weight excluding hydrogens is 476 g/mol. The van der Waals surface area contributed by atoms with Crippen LogP contribution in [0.2, 0.25) is 0 Å². The molecule has 182 valence electrons. The first-order chi connectivity index (χ1) is 16.7. The van der Waals surface area contributed by atoms with Crippen molar-refractivity contribution in [1.82, 2.24) is 0 Å². The summed E-state index contributed by atoms with van der Waals surface area (Å²) in [5.74, 6) is -2.99. The molecule has 0 saturated heterocycles. The fraction of sp³-hybridized carbons (Fsp3) is 0.208. The Kier molecular flexibility index (Phi) is 7.92. The molecule has 35 heavy (non-hydrogen) atoms. The summed E-state index contributed by atoms with van der Waals surface area (Å²) in [6.45, 7) is 5.17. The third-order valence-electron chi connectivity index (χ3n) is 4.74. The Morgan fingerprint density at radius 3 is 2.46 bits per heavy atom. The van der Waals surface area contributed by atoms with E-state index in [4.69, 9.17) is 9.47 Å². The smallest absolute Gasteiger partial charge is 0.344 e. The van der Waals surface area contributed by atoms with E-state index in [1.807, 2.05) is 6.92 Å². The van der Waals surface area contributed by atoms with E-state index in [-0.39, 0.29) is 51.3 Å². The van der Waals surface area contributed by atoms with Gasteiger partial charge in [-0.3, -0.25) is 14.9 Å². The van der Waals surface area contributed by atoms with Gasteiger partial charge in [0.25, 0.3) is 11.6 Å². The number of carbonyl (C=O) groups excluding carboxylic acids is 2. The molecule has 0 aliphatic carbocycles. The molecule has 0 fully saturated rings. The maximum Gasteiger partial charge on any atom is 0.344 e. The average molecular weight is 498 g/mol. The molecule has 0 bridgehead atoms. The Balaban J connectivity index is 2.10. The molecule has 2 aromatic rings. The van der Waals surface area contributed by atoms with Crippen LogP contribution in [-0.4, -0.2) is 40.2 Å². The van der Waals surface area contributed by atoms with Gasteiger partial charge in [-0.15, -0.1) is 0 Å². The largest absolute Gasteiger partial charge is 0.870 e. The third-order valence-corrected chi connectivity index (χ3v) is 5.76. The SMILES string of the molecule is CCOC(=O)C1=C(O)/C(=C/c2cc([N+](=O)[O-])cc(OCC)c2[O-])SC1=NC(=O)c1ccc(C)cc1. The van der Waals surface area contributed by atoms with Crippen molar-refractivity contribution in [1.29, 1.82) is 0 Å². The number of amides is 1. The predicted molar refractivity (Wildman–Crippen MR) is 129 cm³/mol. The van der Waals surface area contributed by atoms with Crippen molar-refractivity contribution in [2.45, 2.75) is 20.8 Å². The molecule has 0 spiro atoms. The van der Waals surface area contributed by atoms with E-state index in [0.29, 0.717) is 0 Å². The lowest BCUT2D eigenvalue weighted by Gasteiger charge is -2.17. The highest BCUT2D eigenvalue weighted by atomic mass is 32.2. The molecule has 11 heteroatoms. The van der Waals surface area contributed by atoms with Crippen LogP contribution in [0.1, 0.15) is 35.3 Å². The number of hydrogen-bond acceptors (Lipinski definition) is 9. The first kappa shape index (κ1) is 25.5. The van der Waals surface area contributed by atoms with E-state index in [1.165, 1.54) is 6.08 Å². The standard InChI is InChI=1S/C24H22N2O8S/c1-4-33-17-12-16(26(31)32)10-15(20(17)27)11-18-21(28)19(24(30)34-5-2)23(35-18)25-22(29)14-8-6-13(3)7-9-14/h6-12,27-28H,4-5H2,1-3H3/p-1/b18-11-,25-23?. The van der Waals surface area contributed by atoms with Crippen molar-refractivity contribution >= 4 is 40.4 Å². The number of thioether (sulfide) groups is 1. The molecule has 0 atom stereocenters. The van der Waals surface area contributed by atoms with Crippen molar-refractivity contribution in [3.63, 3.8) is 0 Å². The van der Waals surface area contributed by atoms with Gasteiger partial charge in [0.1, 0.15) is 22.1 Å². The lowest BCUT2D eigenvalue weighted by atomic mass is 10.1. The lowest BCUT2D eigenvalue weighted by Crippen LogP contribution is -2.14. The van der Waals surface area contributed by atoms with Gasteiger partial charge in [-0.2, -0.15) is 0 Å². The van der Waals surface area contributed by atoms with Crippen LogP contribution in [0.5, 0.6) is 11.5 Å². The molecule has 0 saturated carbocycles. The van der Waals surface area contributed by atoms with Gasteiger partial charge in [0.15, 0.2) is 0 Å². The second-order valence-electron chi connectivity index (χ2n) is 7.20. The number of rotatable bonds is 7. The Morgan fingerprint density at radius 2 is 1.86 bits per heavy atom. The number of nitro benzene ring substituents is 1. The molecule has 3 rings (SSSR count). The summed E-state index contributed by atoms with van der Waals surface area (Å²) in [4.78, 5) is 39.8. The highest BCUT2D eigenvalue weighted by molar-refractivity contribution is 8.18. The third kappa shape index (κ3) is 5.69. The van der Waals surface area contributed by atoms with Crippen LogP contribution in [0, 0.1) is 17.0 Å². The van der Waals surface area contributed by atoms with E-state index < -0.39 is 28.3 Å². The second kappa shape index (κ2) is 10.9. The van der Waals surface area contributed by atoms with Crippen LogP contribution in [0.4, 0.5) is 5.69 Å². The van der Waals surface area contributed by atoms with Gasteiger partial charge in [0.2, 0.25) is 0 Å². The number of aliphatic imine (C=N–C) groups is 1. The van der Waals surface area contributed by atoms with Gasteiger partial charge in [0.05, 0.1) is 29.1 Å². The molecule has 1 heterocycles. The van der Waals surface area contributed by atoms with Crippen molar-refractivity contribution in [3.05, 3.63) is 79.4 Å². The lowest BCUT2D eigenvalue weighted by molar-refractivity contribution is -0.385. The molecule has 1 amide bonds. The summed E-state index contributed by atoms with van der Waals surface area (Å²) in [5, 5.41) is 34.7. The molecule has 2 aromatic carbocycles. The maximum atomic E-state index is 12.7. The van der Waals surface area contributed by atoms with E-state index in [2.05, 4.69) is 4.99 Å². The average Bonchev–Trinajstić information content (AvgIpc) is 3.11. The van der Waals surface area contributed by atoms with Gasteiger partial charge in [-0.1, -0.05) is 35.2 Å². The molecule has 10 nitrogen and oxygen atoms in total. The molecular formula is C24H21N2O8S-. The summed E-state index contributed by atoms with van der Waals surface area (Å²) < 4.78 is 10.2. The number of aliphatic hydroxyl groups is 1. The number of nitrogens with zero attached hydrogens (tertiary/aromatic N) is 2. The van der Waals surface area contributed by atoms with Gasteiger partial charge >= 0.3 is 5.97 Å². The Morgan fingerprint density at radius 1 is 1.17 bits per heavy atom. The first-order valence-electron chi connectivity index (χ1n) is 10.5. The zero-order valence-electron chi connectivity index (χ0n) is 19.1. The van der Waals surface area contributed by atoms with Gasteiger partial charge < -0.3 is 19.7 Å². The van der Waals surface area contributed by atoms with Crippen molar-refractivity contribution in [2.75, 3.05) is 13.2 Å². The monoisotopic (exact) mass is 497 g/mol. The zero-order valence-corrected chi connectivity index (χ0v) is 19.9. The van der Waals surface area contributed by atoms with E-state index in [9.17, 15) is 29.9 Å². The van der Waals surface area contributed by atoms with Gasteiger partial charge in [0, 0.05) is 11.6 Å². The van der Waals surface area contributed by atoms with Gasteiger partial charge in [-0.05, 0) is 44.5 Å². The first-order valence-corrected chi connectivity index (χ1v) is 11.3. The molecule has 0 unspecified atom stereocenters. The molecule has 0 radical (unpaired) electrons. The number of hydrogen-bond donors (Lipinski definition) is 1. The normalized spacial score (nSPS) is 15.5. The molecule has 1 aliphatic heterocycles. The minimum absolute atomic E-state index is 0.00577. The summed E-state index contributed by atoms with van der Waals surface area (Å²) in [7, 11) is 0. The topological polar surface area (TPSA) is 151 Å². The summed E-state index contributed by atoms with van der Waals surface area (Å²) >= 11 is 0.760. The Hall–Kier alpha value is -4.12. The van der Waals surface area contributed by atoms with Crippen LogP contribution in [-0.2, 0) is 9.53 Å². The maximum absolute atomic E-state index is 12.7. The molecule has 1 N–H and O–H groups in total. The Bertz CT molecular complexity index is 1280. The molecule has 1 aliphatic rings. The van der Waals surface area contributed by atoms with Crippen molar-refractivity contribution in [3.8, 4) is 11.5 Å². The van der Waals surface area contributed by atoms with Crippen LogP contribution < -0.4 is 9.84 Å². The van der Waals surface area contributed by atoms with Crippen LogP contribution in [0.25, 0.3) is 6.08 Å². The minimum atomic E-state index is -0.909. The quantitative estimate of drug-likeness (QED) is 0.339. The van der Waals surface area contributed by atoms with Crippen molar-refractivity contribution < 1.29 is 34.2 Å². The molecule has 0 aromatic heterocycles. The van der Waals surface area contributed by atoms with Crippen molar-refractivity contribution in [2.24, 2.45) is 4.99 Å². The van der Waals surface area contributed by atoms with Crippen LogP contribution in [0.15, 0.2) is 57.6 Å². The van der Waals surface area contributed by atoms with E-state index in [0.717, 1.165) is 29.5 Å². The van der Waals surface area contributed by atoms with E-state index >= 15 is 0 Å². The number of esters is 1. The van der Waals surface area contributed by atoms with Crippen LogP contribution in [0.3, 0.4) is 0 Å². The summed E-state index contributed by atoms with van der Waals surface area (Å²) in [6.07, 6.45) is 1.18. The number of nitro groups is 1. The summed E-state index contributed by atoms with van der Waals surface area (Å²) in [5.41, 5.74) is 0.333. The fourth-order valence-corrected chi connectivity index (χ4v) is 4.07. The number of carbonyl (C=O) groups is 2. The number of ether oxygens (including phenoxy) is 2. The second-order valence-corrected chi connectivity index (χ2v) is 8.23. The van der Waals surface area contributed by atoms with E-state index in [1.54, 1.807) is 38.1 Å².